The van der Waals surface area contributed by atoms with Crippen molar-refractivity contribution in [2.75, 3.05) is 0 Å². The van der Waals surface area contributed by atoms with Crippen LogP contribution in [-0.4, -0.2) is 21.1 Å². The normalized spacial score (nSPS) is 11.7. The summed E-state index contributed by atoms with van der Waals surface area (Å²) in [7, 11) is 0. The Morgan fingerprint density at radius 1 is 0.913 bits per heavy atom. The number of aromatic nitrogens is 2. The van der Waals surface area contributed by atoms with Gasteiger partial charge in [-0.2, -0.15) is 0 Å². The number of hydrogen-bond donors (Lipinski definition) is 2. The summed E-state index contributed by atoms with van der Waals surface area (Å²) in [6.45, 7) is 0. The van der Waals surface area contributed by atoms with Crippen LogP contribution in [0, 0.1) is 0 Å². The molecule has 2 aromatic carbocycles. The molecule has 0 radical (unpaired) electrons. The minimum Gasteiger partial charge on any atom is -0.289 e. The Bertz CT molecular complexity index is 792. The molecule has 1 atom stereocenters. The van der Waals surface area contributed by atoms with E-state index in [0.717, 1.165) is 22.3 Å². The van der Waals surface area contributed by atoms with Crippen LogP contribution in [0.25, 0.3) is 11.1 Å². The quantitative estimate of drug-likeness (QED) is 0.574. The molecule has 1 aromatic heterocycles. The first-order chi connectivity index (χ1) is 11.3. The van der Waals surface area contributed by atoms with Crippen LogP contribution in [0.4, 0.5) is 0 Å². The van der Waals surface area contributed by atoms with Gasteiger partial charge in [-0.05, 0) is 22.8 Å². The van der Waals surface area contributed by atoms with Crippen LogP contribution in [0.1, 0.15) is 17.0 Å². The highest BCUT2D eigenvalue weighted by atomic mass is 16.5. The molecule has 5 nitrogen and oxygen atoms in total. The lowest BCUT2D eigenvalue weighted by Gasteiger charge is -2.16. The zero-order valence-corrected chi connectivity index (χ0v) is 12.3. The van der Waals surface area contributed by atoms with Gasteiger partial charge in [-0.25, -0.2) is 15.4 Å². The molecule has 0 bridgehead atoms. The molecule has 0 aliphatic carbocycles. The first kappa shape index (κ1) is 14.9. The molecule has 5 heteroatoms. The fraction of sp³-hybridized carbons (Fsp3) is 0.0556. The van der Waals surface area contributed by atoms with E-state index in [1.54, 1.807) is 17.9 Å². The zero-order chi connectivity index (χ0) is 16.1. The van der Waals surface area contributed by atoms with Gasteiger partial charge in [0.1, 0.15) is 6.33 Å². The molecule has 114 valence electrons. The maximum absolute atomic E-state index is 12.2. The Morgan fingerprint density at radius 2 is 1.61 bits per heavy atom. The molecule has 1 heterocycles. The van der Waals surface area contributed by atoms with Crippen molar-refractivity contribution in [1.82, 2.24) is 15.4 Å². The first-order valence-electron chi connectivity index (χ1n) is 7.14. The smallest absolute Gasteiger partial charge is 0.255 e. The van der Waals surface area contributed by atoms with E-state index in [-0.39, 0.29) is 0 Å². The zero-order valence-electron chi connectivity index (χ0n) is 12.3. The summed E-state index contributed by atoms with van der Waals surface area (Å²) in [5, 5.41) is 9.09. The number of hydroxylamine groups is 1. The van der Waals surface area contributed by atoms with Gasteiger partial charge in [-0.15, -0.1) is 0 Å². The number of nitrogens with one attached hydrogen (secondary N) is 1. The van der Waals surface area contributed by atoms with Crippen molar-refractivity contribution in [3.63, 3.8) is 0 Å². The van der Waals surface area contributed by atoms with Crippen LogP contribution in [-0.2, 0) is 4.79 Å². The van der Waals surface area contributed by atoms with Crippen LogP contribution in [0.2, 0.25) is 0 Å². The van der Waals surface area contributed by atoms with Crippen molar-refractivity contribution < 1.29 is 10.0 Å². The van der Waals surface area contributed by atoms with Gasteiger partial charge in [-0.1, -0.05) is 48.5 Å². The van der Waals surface area contributed by atoms with Crippen LogP contribution in [0.15, 0.2) is 73.3 Å². The first-order valence-corrected chi connectivity index (χ1v) is 7.14. The van der Waals surface area contributed by atoms with E-state index in [1.807, 2.05) is 54.6 Å². The molecular formula is C18H15N3O2. The van der Waals surface area contributed by atoms with Gasteiger partial charge in [0.25, 0.3) is 5.91 Å². The van der Waals surface area contributed by atoms with Crippen molar-refractivity contribution in [2.45, 2.75) is 5.92 Å². The average Bonchev–Trinajstić information content (AvgIpc) is 2.64. The molecule has 0 aliphatic rings. The Morgan fingerprint density at radius 3 is 2.30 bits per heavy atom. The second-order valence-electron chi connectivity index (χ2n) is 5.07. The van der Waals surface area contributed by atoms with E-state index < -0.39 is 11.8 Å². The molecule has 0 aliphatic heterocycles. The fourth-order valence-electron chi connectivity index (χ4n) is 2.55. The minimum atomic E-state index is -0.592. The SMILES string of the molecule is O=C(NO)C(c1ccccc1)c1cccc(-c2cncnc2)c1. The lowest BCUT2D eigenvalue weighted by Crippen LogP contribution is -2.27. The molecular weight excluding hydrogens is 290 g/mol. The van der Waals surface area contributed by atoms with Gasteiger partial charge in [-0.3, -0.25) is 10.0 Å². The van der Waals surface area contributed by atoms with Gasteiger partial charge in [0, 0.05) is 18.0 Å². The van der Waals surface area contributed by atoms with Gasteiger partial charge in [0.15, 0.2) is 0 Å². The predicted octanol–water partition coefficient (Wildman–Crippen LogP) is 2.78. The highest BCUT2D eigenvalue weighted by molar-refractivity contribution is 5.86. The standard InChI is InChI=1S/C18H15N3O2/c22-18(21-23)17(13-5-2-1-3-6-13)15-8-4-7-14(9-15)16-10-19-12-20-11-16/h1-12,17,23H,(H,21,22). The molecule has 1 unspecified atom stereocenters. The van der Waals surface area contributed by atoms with E-state index in [4.69, 9.17) is 5.21 Å². The van der Waals surface area contributed by atoms with Gasteiger partial charge in [0.2, 0.25) is 0 Å². The van der Waals surface area contributed by atoms with Crippen LogP contribution >= 0.6 is 0 Å². The topological polar surface area (TPSA) is 75.1 Å². The van der Waals surface area contributed by atoms with E-state index in [2.05, 4.69) is 9.97 Å². The summed E-state index contributed by atoms with van der Waals surface area (Å²) >= 11 is 0. The van der Waals surface area contributed by atoms with E-state index in [0.29, 0.717) is 0 Å². The number of benzene rings is 2. The van der Waals surface area contributed by atoms with Crippen LogP contribution < -0.4 is 5.48 Å². The second kappa shape index (κ2) is 6.81. The van der Waals surface area contributed by atoms with Crippen molar-refractivity contribution >= 4 is 5.91 Å². The molecule has 3 aromatic rings. The molecule has 2 N–H and O–H groups in total. The Hall–Kier alpha value is -3.05. The second-order valence-corrected chi connectivity index (χ2v) is 5.07. The number of amides is 1. The van der Waals surface area contributed by atoms with Crippen molar-refractivity contribution in [1.29, 1.82) is 0 Å². The molecule has 3 rings (SSSR count). The van der Waals surface area contributed by atoms with Gasteiger partial charge >= 0.3 is 0 Å². The predicted molar refractivity (Wildman–Crippen MR) is 85.7 cm³/mol. The third-order valence-electron chi connectivity index (χ3n) is 3.62. The van der Waals surface area contributed by atoms with Crippen molar-refractivity contribution in [3.05, 3.63) is 84.4 Å². The molecule has 0 spiro atoms. The van der Waals surface area contributed by atoms with Gasteiger partial charge < -0.3 is 0 Å². The lowest BCUT2D eigenvalue weighted by atomic mass is 9.89. The Labute approximate surface area is 133 Å². The Kier molecular flexibility index (Phi) is 4.40. The van der Waals surface area contributed by atoms with E-state index in [9.17, 15) is 4.79 Å². The van der Waals surface area contributed by atoms with Crippen LogP contribution in [0.5, 0.6) is 0 Å². The molecule has 1 amide bonds. The van der Waals surface area contributed by atoms with E-state index in [1.165, 1.54) is 6.33 Å². The number of rotatable bonds is 4. The summed E-state index contributed by atoms with van der Waals surface area (Å²) in [4.78, 5) is 20.2. The molecule has 23 heavy (non-hydrogen) atoms. The summed E-state index contributed by atoms with van der Waals surface area (Å²) in [5.41, 5.74) is 5.12. The maximum Gasteiger partial charge on any atom is 0.255 e. The van der Waals surface area contributed by atoms with Crippen LogP contribution in [0.3, 0.4) is 0 Å². The maximum atomic E-state index is 12.2. The largest absolute Gasteiger partial charge is 0.289 e. The highest BCUT2D eigenvalue weighted by Crippen LogP contribution is 2.28. The fourth-order valence-corrected chi connectivity index (χ4v) is 2.55. The van der Waals surface area contributed by atoms with Crippen molar-refractivity contribution in [3.8, 4) is 11.1 Å². The molecule has 0 saturated carbocycles. The van der Waals surface area contributed by atoms with E-state index >= 15 is 0 Å². The summed E-state index contributed by atoms with van der Waals surface area (Å²) in [6.07, 6.45) is 4.91. The monoisotopic (exact) mass is 305 g/mol. The summed E-state index contributed by atoms with van der Waals surface area (Å²) in [6, 6.07) is 16.9. The molecule has 0 saturated heterocycles. The number of nitrogens with zero attached hydrogens (tertiary/aromatic N) is 2. The minimum absolute atomic E-state index is 0.474. The van der Waals surface area contributed by atoms with Gasteiger partial charge in [0.05, 0.1) is 5.92 Å². The number of hydrogen-bond acceptors (Lipinski definition) is 4. The Balaban J connectivity index is 2.05. The highest BCUT2D eigenvalue weighted by Gasteiger charge is 2.22. The third-order valence-corrected chi connectivity index (χ3v) is 3.62. The summed E-state index contributed by atoms with van der Waals surface area (Å²) < 4.78 is 0. The van der Waals surface area contributed by atoms with Crippen molar-refractivity contribution in [2.24, 2.45) is 0 Å². The summed E-state index contributed by atoms with van der Waals surface area (Å²) in [5.74, 6) is -1.07. The number of carbonyl (C=O) groups is 1. The lowest BCUT2D eigenvalue weighted by molar-refractivity contribution is -0.129. The average molecular weight is 305 g/mol. The third kappa shape index (κ3) is 3.25. The molecule has 0 fully saturated rings. The number of carbonyl (C=O) groups excluding carboxylic acids is 1.